The first kappa shape index (κ1) is 12.4. The fourth-order valence-electron chi connectivity index (χ4n) is 1.40. The lowest BCUT2D eigenvalue weighted by atomic mass is 10.2. The largest absolute Gasteiger partial charge is 0.478 e. The molecule has 1 N–H and O–H groups in total. The molecule has 0 aliphatic carbocycles. The third kappa shape index (κ3) is 2.62. The molecule has 1 aromatic heterocycles. The van der Waals surface area contributed by atoms with Gasteiger partial charge in [-0.15, -0.1) is 0 Å². The zero-order valence-electron chi connectivity index (χ0n) is 9.61. The number of rotatable bonds is 4. The first-order chi connectivity index (χ1) is 8.58. The molecule has 0 fully saturated rings. The van der Waals surface area contributed by atoms with Crippen molar-refractivity contribution >= 4 is 16.8 Å². The van der Waals surface area contributed by atoms with E-state index in [1.165, 1.54) is 18.5 Å². The molecule has 1 atom stereocenters. The zero-order chi connectivity index (χ0) is 13.1. The van der Waals surface area contributed by atoms with Gasteiger partial charge in [0, 0.05) is 11.9 Å². The van der Waals surface area contributed by atoms with Crippen LogP contribution in [0, 0.1) is 0 Å². The van der Waals surface area contributed by atoms with Gasteiger partial charge in [0.2, 0.25) is 0 Å². The molecule has 0 bridgehead atoms. The van der Waals surface area contributed by atoms with Crippen molar-refractivity contribution in [3.05, 3.63) is 42.0 Å². The number of carboxylic acid groups (broad SMARTS) is 1. The van der Waals surface area contributed by atoms with Gasteiger partial charge >= 0.3 is 5.97 Å². The molecule has 0 aliphatic rings. The summed E-state index contributed by atoms with van der Waals surface area (Å²) in [6.07, 6.45) is 1.40. The Morgan fingerprint density at radius 3 is 2.56 bits per heavy atom. The maximum absolute atomic E-state index is 12.0. The van der Waals surface area contributed by atoms with E-state index in [-0.39, 0.29) is 11.3 Å². The van der Waals surface area contributed by atoms with E-state index in [2.05, 4.69) is 10.1 Å². The van der Waals surface area contributed by atoms with Crippen LogP contribution >= 0.6 is 0 Å². The number of benzene rings is 1. The van der Waals surface area contributed by atoms with E-state index in [9.17, 15) is 9.00 Å². The van der Waals surface area contributed by atoms with Gasteiger partial charge in [-0.2, -0.15) is 5.10 Å². The standard InChI is InChI=1S/C11H11N3O3S/c1-14-10(12-7-13-14)6-18(17)9-4-2-8(3-5-9)11(15)16/h2-5,7H,6H2,1H3,(H,15,16). The second-order valence-corrected chi connectivity index (χ2v) is 5.07. The first-order valence-electron chi connectivity index (χ1n) is 5.12. The summed E-state index contributed by atoms with van der Waals surface area (Å²) in [6.45, 7) is 0. The molecule has 1 unspecified atom stereocenters. The van der Waals surface area contributed by atoms with Crippen molar-refractivity contribution in [1.29, 1.82) is 0 Å². The molecule has 1 aromatic carbocycles. The SMILES string of the molecule is Cn1ncnc1CS(=O)c1ccc(C(=O)O)cc1. The first-order valence-corrected chi connectivity index (χ1v) is 6.44. The van der Waals surface area contributed by atoms with Crippen LogP contribution in [0.4, 0.5) is 0 Å². The summed E-state index contributed by atoms with van der Waals surface area (Å²) in [6, 6.07) is 5.98. The van der Waals surface area contributed by atoms with Crippen LogP contribution < -0.4 is 0 Å². The van der Waals surface area contributed by atoms with Crippen LogP contribution in [-0.2, 0) is 23.6 Å². The summed E-state index contributed by atoms with van der Waals surface area (Å²) in [5, 5.41) is 12.7. The van der Waals surface area contributed by atoms with Gasteiger partial charge in [-0.05, 0) is 24.3 Å². The number of aryl methyl sites for hydroxylation is 1. The van der Waals surface area contributed by atoms with Gasteiger partial charge in [0.05, 0.1) is 22.1 Å². The molecule has 2 aromatic rings. The predicted molar refractivity (Wildman–Crippen MR) is 64.5 cm³/mol. The van der Waals surface area contributed by atoms with Crippen molar-refractivity contribution in [2.45, 2.75) is 10.6 Å². The molecule has 0 saturated carbocycles. The fraction of sp³-hybridized carbons (Fsp3) is 0.182. The van der Waals surface area contributed by atoms with Gasteiger partial charge in [-0.25, -0.2) is 9.78 Å². The summed E-state index contributed by atoms with van der Waals surface area (Å²) in [5.41, 5.74) is 0.175. The van der Waals surface area contributed by atoms with Gasteiger partial charge in [-0.3, -0.25) is 8.89 Å². The molecule has 6 nitrogen and oxygen atoms in total. The number of hydrogen-bond acceptors (Lipinski definition) is 4. The molecule has 0 spiro atoms. The Hall–Kier alpha value is -2.02. The minimum atomic E-state index is -1.26. The third-order valence-electron chi connectivity index (χ3n) is 2.43. The lowest BCUT2D eigenvalue weighted by Gasteiger charge is -2.02. The second-order valence-electron chi connectivity index (χ2n) is 3.62. The minimum Gasteiger partial charge on any atom is -0.478 e. The molecular weight excluding hydrogens is 254 g/mol. The van der Waals surface area contributed by atoms with Crippen LogP contribution in [0.3, 0.4) is 0 Å². The van der Waals surface area contributed by atoms with Crippen LogP contribution in [0.25, 0.3) is 0 Å². The normalized spacial score (nSPS) is 12.3. The molecule has 0 amide bonds. The van der Waals surface area contributed by atoms with E-state index < -0.39 is 16.8 Å². The fourth-order valence-corrected chi connectivity index (χ4v) is 2.50. The second kappa shape index (κ2) is 5.09. The van der Waals surface area contributed by atoms with E-state index >= 15 is 0 Å². The average molecular weight is 265 g/mol. The summed E-state index contributed by atoms with van der Waals surface area (Å²) in [4.78, 5) is 15.2. The van der Waals surface area contributed by atoms with Crippen molar-refractivity contribution in [3.8, 4) is 0 Å². The monoisotopic (exact) mass is 265 g/mol. The number of hydrogen-bond donors (Lipinski definition) is 1. The highest BCUT2D eigenvalue weighted by Crippen LogP contribution is 2.12. The topological polar surface area (TPSA) is 85.1 Å². The average Bonchev–Trinajstić information content (AvgIpc) is 2.75. The number of carboxylic acids is 1. The highest BCUT2D eigenvalue weighted by Gasteiger charge is 2.10. The third-order valence-corrected chi connectivity index (χ3v) is 3.75. The van der Waals surface area contributed by atoms with Crippen molar-refractivity contribution in [3.63, 3.8) is 0 Å². The summed E-state index contributed by atoms with van der Waals surface area (Å²) >= 11 is 0. The smallest absolute Gasteiger partial charge is 0.335 e. The highest BCUT2D eigenvalue weighted by atomic mass is 32.2. The molecular formula is C11H11N3O3S. The Labute approximate surface area is 106 Å². The lowest BCUT2D eigenvalue weighted by Crippen LogP contribution is -2.05. The van der Waals surface area contributed by atoms with Crippen LogP contribution in [0.5, 0.6) is 0 Å². The van der Waals surface area contributed by atoms with Gasteiger partial charge in [-0.1, -0.05) is 0 Å². The molecule has 0 saturated heterocycles. The van der Waals surface area contributed by atoms with E-state index in [0.29, 0.717) is 10.7 Å². The number of carbonyl (C=O) groups is 1. The molecule has 0 radical (unpaired) electrons. The van der Waals surface area contributed by atoms with Crippen molar-refractivity contribution in [1.82, 2.24) is 14.8 Å². The van der Waals surface area contributed by atoms with Gasteiger partial charge in [0.15, 0.2) is 0 Å². The predicted octanol–water partition coefficient (Wildman–Crippen LogP) is 0.821. The maximum Gasteiger partial charge on any atom is 0.335 e. The Bertz CT molecular complexity index is 592. The van der Waals surface area contributed by atoms with Crippen LogP contribution in [-0.4, -0.2) is 30.0 Å². The van der Waals surface area contributed by atoms with Crippen molar-refractivity contribution < 1.29 is 14.1 Å². The molecule has 1 heterocycles. The van der Waals surface area contributed by atoms with Gasteiger partial charge in [0.25, 0.3) is 0 Å². The van der Waals surface area contributed by atoms with E-state index in [0.717, 1.165) is 0 Å². The zero-order valence-corrected chi connectivity index (χ0v) is 10.4. The minimum absolute atomic E-state index is 0.175. The van der Waals surface area contributed by atoms with Crippen molar-refractivity contribution in [2.75, 3.05) is 0 Å². The molecule has 94 valence electrons. The number of aromatic nitrogens is 3. The molecule has 2 rings (SSSR count). The highest BCUT2D eigenvalue weighted by molar-refractivity contribution is 7.84. The Morgan fingerprint density at radius 2 is 2.06 bits per heavy atom. The Morgan fingerprint density at radius 1 is 1.39 bits per heavy atom. The Balaban J connectivity index is 2.14. The van der Waals surface area contributed by atoms with Crippen LogP contribution in [0.2, 0.25) is 0 Å². The van der Waals surface area contributed by atoms with Gasteiger partial charge in [0.1, 0.15) is 12.2 Å². The summed E-state index contributed by atoms with van der Waals surface area (Å²) < 4.78 is 13.6. The molecule has 0 aliphatic heterocycles. The summed E-state index contributed by atoms with van der Waals surface area (Å²) in [7, 11) is 0.468. The molecule has 7 heteroatoms. The van der Waals surface area contributed by atoms with Crippen LogP contribution in [0.1, 0.15) is 16.2 Å². The Kier molecular flexibility index (Phi) is 3.52. The number of nitrogens with zero attached hydrogens (tertiary/aromatic N) is 3. The lowest BCUT2D eigenvalue weighted by molar-refractivity contribution is 0.0697. The van der Waals surface area contributed by atoms with E-state index in [1.807, 2.05) is 0 Å². The van der Waals surface area contributed by atoms with Gasteiger partial charge < -0.3 is 5.11 Å². The van der Waals surface area contributed by atoms with E-state index in [1.54, 1.807) is 23.9 Å². The molecule has 18 heavy (non-hydrogen) atoms. The summed E-state index contributed by atoms with van der Waals surface area (Å²) in [5.74, 6) is -0.126. The van der Waals surface area contributed by atoms with Crippen molar-refractivity contribution in [2.24, 2.45) is 7.05 Å². The van der Waals surface area contributed by atoms with Crippen LogP contribution in [0.15, 0.2) is 35.5 Å². The van der Waals surface area contributed by atoms with E-state index in [4.69, 9.17) is 5.11 Å². The maximum atomic E-state index is 12.0. The quantitative estimate of drug-likeness (QED) is 0.884. The number of aromatic carboxylic acids is 1.